The van der Waals surface area contributed by atoms with Gasteiger partial charge in [-0.3, -0.25) is 5.01 Å². The molecule has 0 amide bonds. The van der Waals surface area contributed by atoms with Crippen molar-refractivity contribution in [3.8, 4) is 0 Å². The standard InChI is InChI=1S/C6H15N3/c1-7-9(4)6-5-8(2)3/h1,5-6H2,2-4H3. The monoisotopic (exact) mass is 129 g/mol. The van der Waals surface area contributed by atoms with Crippen molar-refractivity contribution in [2.75, 3.05) is 34.2 Å². The Morgan fingerprint density at radius 3 is 2.11 bits per heavy atom. The topological polar surface area (TPSA) is 18.8 Å². The summed E-state index contributed by atoms with van der Waals surface area (Å²) in [5.74, 6) is 0. The van der Waals surface area contributed by atoms with E-state index in [-0.39, 0.29) is 0 Å². The zero-order valence-electron chi connectivity index (χ0n) is 6.46. The van der Waals surface area contributed by atoms with Gasteiger partial charge in [-0.2, -0.15) is 5.10 Å². The molecular formula is C6H15N3. The molecule has 3 heteroatoms. The Morgan fingerprint density at radius 2 is 1.78 bits per heavy atom. The maximum atomic E-state index is 3.72. The van der Waals surface area contributed by atoms with Gasteiger partial charge >= 0.3 is 0 Å². The van der Waals surface area contributed by atoms with Crippen LogP contribution < -0.4 is 0 Å². The summed E-state index contributed by atoms with van der Waals surface area (Å²) in [6.07, 6.45) is 0. The highest BCUT2D eigenvalue weighted by atomic mass is 15.4. The van der Waals surface area contributed by atoms with E-state index in [1.165, 1.54) is 0 Å². The third kappa shape index (κ3) is 5.30. The van der Waals surface area contributed by atoms with Gasteiger partial charge in [0.15, 0.2) is 0 Å². The maximum Gasteiger partial charge on any atom is 0.0484 e. The van der Waals surface area contributed by atoms with E-state index in [0.29, 0.717) is 0 Å². The SMILES string of the molecule is C=NN(C)CCN(C)C. The van der Waals surface area contributed by atoms with Crippen LogP contribution in [0, 0.1) is 0 Å². The summed E-state index contributed by atoms with van der Waals surface area (Å²) >= 11 is 0. The Morgan fingerprint density at radius 1 is 1.22 bits per heavy atom. The van der Waals surface area contributed by atoms with Crippen molar-refractivity contribution < 1.29 is 0 Å². The summed E-state index contributed by atoms with van der Waals surface area (Å²) in [6.45, 7) is 5.36. The van der Waals surface area contributed by atoms with E-state index in [2.05, 4.69) is 16.7 Å². The van der Waals surface area contributed by atoms with Crippen molar-refractivity contribution in [3.05, 3.63) is 0 Å². The first kappa shape index (κ1) is 8.43. The summed E-state index contributed by atoms with van der Waals surface area (Å²) in [7, 11) is 5.99. The molecule has 0 aliphatic carbocycles. The summed E-state index contributed by atoms with van der Waals surface area (Å²) in [6, 6.07) is 0. The fraction of sp³-hybridized carbons (Fsp3) is 0.833. The van der Waals surface area contributed by atoms with Crippen LogP contribution in [0.25, 0.3) is 0 Å². The number of likely N-dealkylation sites (N-methyl/N-ethyl adjacent to an activating group) is 2. The van der Waals surface area contributed by atoms with Gasteiger partial charge < -0.3 is 4.90 Å². The average molecular weight is 129 g/mol. The minimum absolute atomic E-state index is 0.941. The summed E-state index contributed by atoms with van der Waals surface area (Å²) in [5, 5.41) is 5.54. The van der Waals surface area contributed by atoms with Crippen molar-refractivity contribution in [1.82, 2.24) is 9.91 Å². The van der Waals surface area contributed by atoms with Gasteiger partial charge in [0.05, 0.1) is 0 Å². The summed E-state index contributed by atoms with van der Waals surface area (Å²) in [5.41, 5.74) is 0. The molecule has 54 valence electrons. The van der Waals surface area contributed by atoms with E-state index >= 15 is 0 Å². The van der Waals surface area contributed by atoms with Crippen LogP contribution in [0.2, 0.25) is 0 Å². The van der Waals surface area contributed by atoms with Crippen LogP contribution in [-0.4, -0.2) is 50.9 Å². The van der Waals surface area contributed by atoms with E-state index < -0.39 is 0 Å². The van der Waals surface area contributed by atoms with Crippen LogP contribution in [0.15, 0.2) is 5.10 Å². The Balaban J connectivity index is 3.16. The highest BCUT2D eigenvalue weighted by Gasteiger charge is 1.91. The fourth-order valence-corrected chi connectivity index (χ4v) is 0.415. The van der Waals surface area contributed by atoms with Gasteiger partial charge in [0.1, 0.15) is 0 Å². The lowest BCUT2D eigenvalue weighted by Crippen LogP contribution is -2.24. The first-order chi connectivity index (χ1) is 4.16. The third-order valence-corrected chi connectivity index (χ3v) is 1.11. The summed E-state index contributed by atoms with van der Waals surface area (Å²) < 4.78 is 0. The molecule has 0 atom stereocenters. The second kappa shape index (κ2) is 4.32. The molecule has 0 N–H and O–H groups in total. The predicted molar refractivity (Wildman–Crippen MR) is 40.7 cm³/mol. The van der Waals surface area contributed by atoms with Crippen molar-refractivity contribution >= 4 is 6.72 Å². The molecule has 0 rings (SSSR count). The lowest BCUT2D eigenvalue weighted by molar-refractivity contribution is 0.294. The smallest absolute Gasteiger partial charge is 0.0484 e. The molecule has 0 spiro atoms. The maximum absolute atomic E-state index is 3.72. The van der Waals surface area contributed by atoms with E-state index in [9.17, 15) is 0 Å². The Labute approximate surface area is 56.9 Å². The Bertz CT molecular complexity index is 80.4. The normalized spacial score (nSPS) is 9.78. The second-order valence-corrected chi connectivity index (χ2v) is 2.33. The first-order valence-corrected chi connectivity index (χ1v) is 2.99. The quantitative estimate of drug-likeness (QED) is 0.396. The molecule has 0 aliphatic rings. The third-order valence-electron chi connectivity index (χ3n) is 1.11. The van der Waals surface area contributed by atoms with E-state index in [1.54, 1.807) is 0 Å². The van der Waals surface area contributed by atoms with Crippen LogP contribution in [0.3, 0.4) is 0 Å². The van der Waals surface area contributed by atoms with Crippen LogP contribution in [0.4, 0.5) is 0 Å². The Hall–Kier alpha value is -0.570. The predicted octanol–water partition coefficient (Wildman–Crippen LogP) is 0.0954. The van der Waals surface area contributed by atoms with Crippen LogP contribution in [0.5, 0.6) is 0 Å². The number of nitrogens with zero attached hydrogens (tertiary/aromatic N) is 3. The van der Waals surface area contributed by atoms with Gasteiger partial charge in [0.25, 0.3) is 0 Å². The van der Waals surface area contributed by atoms with Crippen LogP contribution in [0.1, 0.15) is 0 Å². The fourth-order valence-electron chi connectivity index (χ4n) is 0.415. The largest absolute Gasteiger partial charge is 0.308 e. The van der Waals surface area contributed by atoms with Crippen molar-refractivity contribution in [2.45, 2.75) is 0 Å². The van der Waals surface area contributed by atoms with Crippen LogP contribution in [-0.2, 0) is 0 Å². The van der Waals surface area contributed by atoms with Gasteiger partial charge in [-0.25, -0.2) is 0 Å². The molecule has 0 aromatic heterocycles. The molecule has 0 aliphatic heterocycles. The van der Waals surface area contributed by atoms with Gasteiger partial charge in [-0.05, 0) is 14.1 Å². The lowest BCUT2D eigenvalue weighted by atomic mass is 10.6. The van der Waals surface area contributed by atoms with Gasteiger partial charge in [0, 0.05) is 26.9 Å². The van der Waals surface area contributed by atoms with E-state index in [4.69, 9.17) is 0 Å². The molecule has 0 aromatic rings. The van der Waals surface area contributed by atoms with E-state index in [1.807, 2.05) is 26.2 Å². The van der Waals surface area contributed by atoms with Crippen molar-refractivity contribution in [3.63, 3.8) is 0 Å². The van der Waals surface area contributed by atoms with Gasteiger partial charge in [0.2, 0.25) is 0 Å². The first-order valence-electron chi connectivity index (χ1n) is 2.99. The van der Waals surface area contributed by atoms with Gasteiger partial charge in [-0.1, -0.05) is 0 Å². The van der Waals surface area contributed by atoms with Gasteiger partial charge in [-0.15, -0.1) is 0 Å². The molecule has 0 saturated heterocycles. The molecule has 3 nitrogen and oxygen atoms in total. The minimum Gasteiger partial charge on any atom is -0.308 e. The number of hydrogen-bond donors (Lipinski definition) is 0. The zero-order valence-corrected chi connectivity index (χ0v) is 6.46. The molecule has 0 saturated carbocycles. The second-order valence-electron chi connectivity index (χ2n) is 2.33. The van der Waals surface area contributed by atoms with Crippen molar-refractivity contribution in [2.24, 2.45) is 5.10 Å². The molecular weight excluding hydrogens is 114 g/mol. The molecule has 0 aromatic carbocycles. The molecule has 0 radical (unpaired) electrons. The van der Waals surface area contributed by atoms with Crippen LogP contribution >= 0.6 is 0 Å². The highest BCUT2D eigenvalue weighted by Crippen LogP contribution is 1.81. The number of hydrogen-bond acceptors (Lipinski definition) is 3. The number of rotatable bonds is 4. The molecule has 0 bridgehead atoms. The average Bonchev–Trinajstić information content (AvgIpc) is 1.83. The minimum atomic E-state index is 0.941. The zero-order chi connectivity index (χ0) is 7.28. The molecule has 0 fully saturated rings. The lowest BCUT2D eigenvalue weighted by Gasteiger charge is -2.14. The van der Waals surface area contributed by atoms with Crippen molar-refractivity contribution in [1.29, 1.82) is 0 Å². The summed E-state index contributed by atoms with van der Waals surface area (Å²) in [4.78, 5) is 2.11. The molecule has 9 heavy (non-hydrogen) atoms. The highest BCUT2D eigenvalue weighted by molar-refractivity contribution is 5.22. The number of hydrazone groups is 1. The Kier molecular flexibility index (Phi) is 4.05. The van der Waals surface area contributed by atoms with E-state index in [0.717, 1.165) is 13.1 Å². The molecule has 0 unspecified atom stereocenters. The molecule has 0 heterocycles.